The molecule has 126 valence electrons. The minimum absolute atomic E-state index is 0.0116. The van der Waals surface area contributed by atoms with E-state index in [1.54, 1.807) is 18.0 Å². The fraction of sp³-hybridized carbons (Fsp3) is 0.368. The van der Waals surface area contributed by atoms with Gasteiger partial charge in [-0.15, -0.1) is 0 Å². The number of pyridine rings is 1. The molecule has 0 spiro atoms. The van der Waals surface area contributed by atoms with Crippen LogP contribution in [0, 0.1) is 0 Å². The number of benzene rings is 1. The lowest BCUT2D eigenvalue weighted by molar-refractivity contribution is 0.0990. The van der Waals surface area contributed by atoms with E-state index in [0.717, 1.165) is 25.2 Å². The largest absolute Gasteiger partial charge is 0.368 e. The van der Waals surface area contributed by atoms with Crippen LogP contribution in [-0.2, 0) is 6.42 Å². The lowest BCUT2D eigenvalue weighted by Crippen LogP contribution is -2.31. The van der Waals surface area contributed by atoms with Crippen LogP contribution in [-0.4, -0.2) is 35.0 Å². The summed E-state index contributed by atoms with van der Waals surface area (Å²) in [7, 11) is 0. The number of carbonyl (C=O) groups is 1. The number of anilines is 2. The van der Waals surface area contributed by atoms with Crippen molar-refractivity contribution in [3.05, 3.63) is 53.7 Å². The molecule has 0 bridgehead atoms. The molecule has 0 saturated heterocycles. The lowest BCUT2D eigenvalue weighted by Gasteiger charge is -2.24. The second-order valence-electron chi connectivity index (χ2n) is 6.55. The molecule has 1 aliphatic rings. The number of nitrogens with zero attached hydrogens (tertiary/aromatic N) is 2. The minimum atomic E-state index is 0.0116. The van der Waals surface area contributed by atoms with Gasteiger partial charge in [-0.05, 0) is 50.3 Å². The van der Waals surface area contributed by atoms with Crippen molar-refractivity contribution in [1.82, 2.24) is 4.98 Å². The average Bonchev–Trinajstić information content (AvgIpc) is 3.04. The van der Waals surface area contributed by atoms with E-state index < -0.39 is 0 Å². The molecule has 24 heavy (non-hydrogen) atoms. The highest BCUT2D eigenvalue weighted by Gasteiger charge is 2.27. The highest BCUT2D eigenvalue weighted by Crippen LogP contribution is 2.30. The SMILES string of the molecule is CSC(C)(C)CNc1ncccc1C(=O)N1CCc2ccccc21. The number of rotatable bonds is 5. The van der Waals surface area contributed by atoms with Crippen molar-refractivity contribution in [2.24, 2.45) is 0 Å². The molecule has 0 unspecified atom stereocenters. The number of nitrogens with one attached hydrogen (secondary N) is 1. The van der Waals surface area contributed by atoms with E-state index >= 15 is 0 Å². The van der Waals surface area contributed by atoms with Gasteiger partial charge in [0.1, 0.15) is 5.82 Å². The van der Waals surface area contributed by atoms with Crippen molar-refractivity contribution in [2.45, 2.75) is 25.0 Å². The van der Waals surface area contributed by atoms with Gasteiger partial charge in [0.15, 0.2) is 0 Å². The molecule has 2 aromatic rings. The summed E-state index contributed by atoms with van der Waals surface area (Å²) in [6.45, 7) is 5.82. The molecule has 0 fully saturated rings. The second-order valence-corrected chi connectivity index (χ2v) is 8.07. The Balaban J connectivity index is 1.84. The van der Waals surface area contributed by atoms with Gasteiger partial charge < -0.3 is 10.2 Å². The summed E-state index contributed by atoms with van der Waals surface area (Å²) in [5, 5.41) is 3.35. The standard InChI is InChI=1S/C19H23N3OS/c1-19(2,24-3)13-21-17-15(8-6-11-20-17)18(23)22-12-10-14-7-4-5-9-16(14)22/h4-9,11H,10,12-13H2,1-3H3,(H,20,21). The van der Waals surface area contributed by atoms with Gasteiger partial charge in [0.05, 0.1) is 5.56 Å². The molecule has 3 rings (SSSR count). The van der Waals surface area contributed by atoms with Crippen LogP contribution in [0.15, 0.2) is 42.6 Å². The van der Waals surface area contributed by atoms with Crippen LogP contribution in [0.5, 0.6) is 0 Å². The molecule has 0 atom stereocenters. The first kappa shape index (κ1) is 16.8. The summed E-state index contributed by atoms with van der Waals surface area (Å²) in [5.74, 6) is 0.673. The molecule has 1 amide bonds. The molecule has 1 aromatic carbocycles. The molecule has 1 aliphatic heterocycles. The predicted molar refractivity (Wildman–Crippen MR) is 102 cm³/mol. The van der Waals surface area contributed by atoms with Gasteiger partial charge in [0.2, 0.25) is 0 Å². The first-order valence-electron chi connectivity index (χ1n) is 8.16. The smallest absolute Gasteiger partial charge is 0.262 e. The van der Waals surface area contributed by atoms with Crippen molar-refractivity contribution in [3.8, 4) is 0 Å². The summed E-state index contributed by atoms with van der Waals surface area (Å²) >= 11 is 1.79. The first-order chi connectivity index (χ1) is 11.5. The zero-order chi connectivity index (χ0) is 17.2. The fourth-order valence-electron chi connectivity index (χ4n) is 2.78. The molecule has 1 N–H and O–H groups in total. The summed E-state index contributed by atoms with van der Waals surface area (Å²) in [4.78, 5) is 19.3. The Bertz CT molecular complexity index is 745. The van der Waals surface area contributed by atoms with Crippen molar-refractivity contribution >= 4 is 29.2 Å². The van der Waals surface area contributed by atoms with Crippen LogP contribution in [0.4, 0.5) is 11.5 Å². The van der Waals surface area contributed by atoms with Crippen LogP contribution in [0.2, 0.25) is 0 Å². The quantitative estimate of drug-likeness (QED) is 0.897. The molecular formula is C19H23N3OS. The molecule has 2 heterocycles. The van der Waals surface area contributed by atoms with Gasteiger partial charge in [-0.1, -0.05) is 18.2 Å². The van der Waals surface area contributed by atoms with Crippen LogP contribution in [0.1, 0.15) is 29.8 Å². The fourth-order valence-corrected chi connectivity index (χ4v) is 3.00. The molecule has 0 aliphatic carbocycles. The number of fused-ring (bicyclic) bond motifs is 1. The average molecular weight is 341 g/mol. The van der Waals surface area contributed by atoms with E-state index in [1.807, 2.05) is 35.2 Å². The van der Waals surface area contributed by atoms with Gasteiger partial charge >= 0.3 is 0 Å². The number of thioether (sulfide) groups is 1. The highest BCUT2D eigenvalue weighted by molar-refractivity contribution is 7.99. The Morgan fingerprint density at radius 3 is 2.88 bits per heavy atom. The third-order valence-electron chi connectivity index (χ3n) is 4.40. The zero-order valence-corrected chi connectivity index (χ0v) is 15.2. The normalized spacial score (nSPS) is 13.7. The molecule has 0 saturated carbocycles. The Morgan fingerprint density at radius 1 is 1.29 bits per heavy atom. The van der Waals surface area contributed by atoms with Crippen molar-refractivity contribution in [1.29, 1.82) is 0 Å². The number of carbonyl (C=O) groups excluding carboxylic acids is 1. The number of amides is 1. The monoisotopic (exact) mass is 341 g/mol. The number of hydrogen-bond acceptors (Lipinski definition) is 4. The Kier molecular flexibility index (Phi) is 4.81. The first-order valence-corrected chi connectivity index (χ1v) is 9.38. The summed E-state index contributed by atoms with van der Waals surface area (Å²) in [5.41, 5.74) is 2.88. The van der Waals surface area contributed by atoms with Crippen molar-refractivity contribution in [3.63, 3.8) is 0 Å². The molecular weight excluding hydrogens is 318 g/mol. The van der Waals surface area contributed by atoms with Gasteiger partial charge in [-0.25, -0.2) is 4.98 Å². The van der Waals surface area contributed by atoms with Crippen LogP contribution in [0.3, 0.4) is 0 Å². The molecule has 0 radical (unpaired) electrons. The van der Waals surface area contributed by atoms with Crippen LogP contribution >= 0.6 is 11.8 Å². The van der Waals surface area contributed by atoms with E-state index in [1.165, 1.54) is 5.56 Å². The topological polar surface area (TPSA) is 45.2 Å². The molecule has 1 aromatic heterocycles. The number of aromatic nitrogens is 1. The second kappa shape index (κ2) is 6.85. The maximum Gasteiger partial charge on any atom is 0.262 e. The molecule has 5 heteroatoms. The Hall–Kier alpha value is -2.01. The van der Waals surface area contributed by atoms with Crippen LogP contribution in [0.25, 0.3) is 0 Å². The number of hydrogen-bond donors (Lipinski definition) is 1. The predicted octanol–water partition coefficient (Wildman–Crippen LogP) is 3.84. The summed E-state index contributed by atoms with van der Waals surface area (Å²) in [6.07, 6.45) is 4.72. The third-order valence-corrected chi connectivity index (χ3v) is 5.65. The van der Waals surface area contributed by atoms with Gasteiger partial charge in [0, 0.05) is 29.7 Å². The maximum atomic E-state index is 13.1. The lowest BCUT2D eigenvalue weighted by atomic mass is 10.1. The van der Waals surface area contributed by atoms with Crippen molar-refractivity contribution < 1.29 is 4.79 Å². The Morgan fingerprint density at radius 2 is 2.08 bits per heavy atom. The van der Waals surface area contributed by atoms with E-state index in [2.05, 4.69) is 36.5 Å². The van der Waals surface area contributed by atoms with E-state index in [4.69, 9.17) is 0 Å². The van der Waals surface area contributed by atoms with Gasteiger partial charge in [-0.3, -0.25) is 4.79 Å². The summed E-state index contributed by atoms with van der Waals surface area (Å²) < 4.78 is 0.0814. The van der Waals surface area contributed by atoms with E-state index in [-0.39, 0.29) is 10.7 Å². The van der Waals surface area contributed by atoms with Gasteiger partial charge in [-0.2, -0.15) is 11.8 Å². The van der Waals surface area contributed by atoms with E-state index in [0.29, 0.717) is 11.4 Å². The van der Waals surface area contributed by atoms with Gasteiger partial charge in [0.25, 0.3) is 5.91 Å². The van der Waals surface area contributed by atoms with Crippen molar-refractivity contribution in [2.75, 3.05) is 29.6 Å². The third kappa shape index (κ3) is 3.41. The Labute approximate surface area is 147 Å². The van der Waals surface area contributed by atoms with Crippen LogP contribution < -0.4 is 10.2 Å². The summed E-state index contributed by atoms with van der Waals surface area (Å²) in [6, 6.07) is 11.8. The maximum absolute atomic E-state index is 13.1. The molecule has 4 nitrogen and oxygen atoms in total. The number of para-hydroxylation sites is 1. The minimum Gasteiger partial charge on any atom is -0.368 e. The zero-order valence-electron chi connectivity index (χ0n) is 14.4. The van der Waals surface area contributed by atoms with E-state index in [9.17, 15) is 4.79 Å². The highest BCUT2D eigenvalue weighted by atomic mass is 32.2.